The van der Waals surface area contributed by atoms with Crippen LogP contribution in [0, 0.1) is 6.92 Å². The van der Waals surface area contributed by atoms with Gasteiger partial charge in [-0.2, -0.15) is 0 Å². The summed E-state index contributed by atoms with van der Waals surface area (Å²) >= 11 is 0. The monoisotopic (exact) mass is 205 g/mol. The van der Waals surface area contributed by atoms with Gasteiger partial charge in [0.25, 0.3) is 0 Å². The Labute approximate surface area is 89.7 Å². The van der Waals surface area contributed by atoms with Crippen molar-refractivity contribution in [1.29, 1.82) is 0 Å². The number of ether oxygens (including phenoxy) is 1. The zero-order chi connectivity index (χ0) is 11.0. The molecule has 2 rings (SSSR count). The van der Waals surface area contributed by atoms with E-state index >= 15 is 0 Å². The Morgan fingerprint density at radius 2 is 2.13 bits per heavy atom. The Balaban J connectivity index is 2.42. The highest BCUT2D eigenvalue weighted by atomic mass is 16.5. The number of hydrogen-bond donors (Lipinski definition) is 0. The molecule has 0 amide bonds. The van der Waals surface area contributed by atoms with Gasteiger partial charge in [0.15, 0.2) is 0 Å². The van der Waals surface area contributed by atoms with Gasteiger partial charge in [0.05, 0.1) is 5.56 Å². The van der Waals surface area contributed by atoms with E-state index in [9.17, 15) is 4.79 Å². The lowest BCUT2D eigenvalue weighted by Gasteiger charge is -2.13. The highest BCUT2D eigenvalue weighted by molar-refractivity contribution is 5.93. The molecule has 15 heavy (non-hydrogen) atoms. The van der Waals surface area contributed by atoms with E-state index < -0.39 is 0 Å². The first-order valence-electron chi connectivity index (χ1n) is 5.03. The third kappa shape index (κ3) is 1.75. The molecule has 0 spiro atoms. The fourth-order valence-corrected chi connectivity index (χ4v) is 1.91. The summed E-state index contributed by atoms with van der Waals surface area (Å²) in [6, 6.07) is 3.89. The molecular weight excluding hydrogens is 190 g/mol. The number of rotatable bonds is 2. The molecule has 0 bridgehead atoms. The third-order valence-electron chi connectivity index (χ3n) is 2.76. The van der Waals surface area contributed by atoms with Crippen molar-refractivity contribution in [3.8, 4) is 0 Å². The van der Waals surface area contributed by atoms with Crippen LogP contribution in [0.5, 0.6) is 0 Å². The van der Waals surface area contributed by atoms with Crippen LogP contribution in [-0.4, -0.2) is 25.0 Å². The normalized spacial score (nSPS) is 14.3. The minimum Gasteiger partial charge on any atom is -0.457 e. The summed E-state index contributed by atoms with van der Waals surface area (Å²) in [7, 11) is 4.07. The molecular formula is C12H15NO2. The first-order chi connectivity index (χ1) is 7.09. The van der Waals surface area contributed by atoms with Crippen molar-refractivity contribution in [2.24, 2.45) is 0 Å². The van der Waals surface area contributed by atoms with Crippen molar-refractivity contribution in [2.75, 3.05) is 14.1 Å². The smallest absolute Gasteiger partial charge is 0.338 e. The van der Waals surface area contributed by atoms with Crippen molar-refractivity contribution in [3.05, 3.63) is 34.4 Å². The van der Waals surface area contributed by atoms with Crippen LogP contribution in [0.3, 0.4) is 0 Å². The fourth-order valence-electron chi connectivity index (χ4n) is 1.91. The molecule has 1 aliphatic heterocycles. The minimum absolute atomic E-state index is 0.190. The van der Waals surface area contributed by atoms with Gasteiger partial charge in [-0.15, -0.1) is 0 Å². The van der Waals surface area contributed by atoms with Gasteiger partial charge in [-0.05, 0) is 38.2 Å². The maximum Gasteiger partial charge on any atom is 0.338 e. The van der Waals surface area contributed by atoms with Crippen LogP contribution in [0.15, 0.2) is 12.1 Å². The Morgan fingerprint density at radius 1 is 1.40 bits per heavy atom. The van der Waals surface area contributed by atoms with E-state index in [2.05, 4.69) is 11.8 Å². The highest BCUT2D eigenvalue weighted by Gasteiger charge is 2.23. The summed E-state index contributed by atoms with van der Waals surface area (Å²) in [5, 5.41) is 0. The fraction of sp³-hybridized carbons (Fsp3) is 0.417. The number of carbonyl (C=O) groups excluding carboxylic acids is 1. The van der Waals surface area contributed by atoms with E-state index in [0.717, 1.165) is 17.7 Å². The van der Waals surface area contributed by atoms with Crippen LogP contribution >= 0.6 is 0 Å². The number of hydrogen-bond acceptors (Lipinski definition) is 3. The topological polar surface area (TPSA) is 29.5 Å². The summed E-state index contributed by atoms with van der Waals surface area (Å²) in [5.41, 5.74) is 4.23. The molecule has 0 aliphatic carbocycles. The molecule has 0 N–H and O–H groups in total. The van der Waals surface area contributed by atoms with Gasteiger partial charge in [-0.3, -0.25) is 0 Å². The predicted molar refractivity (Wildman–Crippen MR) is 57.7 cm³/mol. The second kappa shape index (κ2) is 3.66. The molecule has 1 aromatic rings. The van der Waals surface area contributed by atoms with Crippen LogP contribution in [0.25, 0.3) is 0 Å². The molecule has 1 aromatic carbocycles. The van der Waals surface area contributed by atoms with E-state index in [1.807, 2.05) is 26.2 Å². The number of benzene rings is 1. The first-order valence-corrected chi connectivity index (χ1v) is 5.03. The Bertz CT molecular complexity index is 410. The van der Waals surface area contributed by atoms with Gasteiger partial charge in [-0.25, -0.2) is 4.79 Å². The van der Waals surface area contributed by atoms with Crippen molar-refractivity contribution < 1.29 is 9.53 Å². The molecule has 0 saturated heterocycles. The first kappa shape index (κ1) is 10.2. The summed E-state index contributed by atoms with van der Waals surface area (Å²) in [6.07, 6.45) is 0. The Kier molecular flexibility index (Phi) is 2.49. The molecule has 0 atom stereocenters. The average molecular weight is 205 g/mol. The van der Waals surface area contributed by atoms with Crippen molar-refractivity contribution in [2.45, 2.75) is 20.1 Å². The van der Waals surface area contributed by atoms with Crippen LogP contribution < -0.4 is 0 Å². The van der Waals surface area contributed by atoms with Crippen molar-refractivity contribution in [1.82, 2.24) is 4.90 Å². The number of fused-ring (bicyclic) bond motifs is 1. The number of carbonyl (C=O) groups is 1. The molecule has 0 aromatic heterocycles. The standard InChI is InChI=1S/C12H15NO2/c1-8-9(6-13(2)3)4-5-10-11(8)7-15-12(10)14/h4-5H,6-7H2,1-3H3. The van der Waals surface area contributed by atoms with Crippen LogP contribution in [0.1, 0.15) is 27.0 Å². The van der Waals surface area contributed by atoms with Gasteiger partial charge < -0.3 is 9.64 Å². The maximum absolute atomic E-state index is 11.3. The maximum atomic E-state index is 11.3. The molecule has 80 valence electrons. The minimum atomic E-state index is -0.190. The summed E-state index contributed by atoms with van der Waals surface area (Å²) in [4.78, 5) is 13.4. The van der Waals surface area contributed by atoms with Crippen LogP contribution in [-0.2, 0) is 17.9 Å². The van der Waals surface area contributed by atoms with Crippen molar-refractivity contribution >= 4 is 5.97 Å². The average Bonchev–Trinajstić information content (AvgIpc) is 2.53. The number of cyclic esters (lactones) is 1. The van der Waals surface area contributed by atoms with Gasteiger partial charge in [-0.1, -0.05) is 6.07 Å². The van der Waals surface area contributed by atoms with E-state index in [4.69, 9.17) is 4.74 Å². The second-order valence-corrected chi connectivity index (χ2v) is 4.19. The van der Waals surface area contributed by atoms with E-state index in [1.165, 1.54) is 11.1 Å². The largest absolute Gasteiger partial charge is 0.457 e. The lowest BCUT2D eigenvalue weighted by Crippen LogP contribution is -2.12. The third-order valence-corrected chi connectivity index (χ3v) is 2.76. The lowest BCUT2D eigenvalue weighted by molar-refractivity contribution is 0.0535. The van der Waals surface area contributed by atoms with Gasteiger partial charge in [0, 0.05) is 12.1 Å². The van der Waals surface area contributed by atoms with Gasteiger partial charge in [0.1, 0.15) is 6.61 Å². The Hall–Kier alpha value is -1.35. The zero-order valence-electron chi connectivity index (χ0n) is 9.33. The molecule has 1 heterocycles. The lowest BCUT2D eigenvalue weighted by atomic mass is 9.98. The zero-order valence-corrected chi connectivity index (χ0v) is 9.33. The van der Waals surface area contributed by atoms with Crippen LogP contribution in [0.2, 0.25) is 0 Å². The van der Waals surface area contributed by atoms with E-state index in [0.29, 0.717) is 6.61 Å². The second-order valence-electron chi connectivity index (χ2n) is 4.19. The predicted octanol–water partition coefficient (Wildman–Crippen LogP) is 1.73. The summed E-state index contributed by atoms with van der Waals surface area (Å²) in [5.74, 6) is -0.190. The van der Waals surface area contributed by atoms with Crippen molar-refractivity contribution in [3.63, 3.8) is 0 Å². The molecule has 3 nitrogen and oxygen atoms in total. The van der Waals surface area contributed by atoms with Gasteiger partial charge >= 0.3 is 5.97 Å². The number of esters is 1. The molecule has 0 unspecified atom stereocenters. The molecule has 0 saturated carbocycles. The molecule has 0 radical (unpaired) electrons. The van der Waals surface area contributed by atoms with E-state index in [-0.39, 0.29) is 5.97 Å². The Morgan fingerprint density at radius 3 is 2.80 bits per heavy atom. The molecule has 1 aliphatic rings. The SMILES string of the molecule is Cc1c(CN(C)C)ccc2c1COC2=O. The molecule has 3 heteroatoms. The summed E-state index contributed by atoms with van der Waals surface area (Å²) in [6.45, 7) is 3.38. The summed E-state index contributed by atoms with van der Waals surface area (Å²) < 4.78 is 5.01. The van der Waals surface area contributed by atoms with E-state index in [1.54, 1.807) is 0 Å². The molecule has 0 fully saturated rings. The number of nitrogens with zero attached hydrogens (tertiary/aromatic N) is 1. The highest BCUT2D eigenvalue weighted by Crippen LogP contribution is 2.26. The quantitative estimate of drug-likeness (QED) is 0.689. The van der Waals surface area contributed by atoms with Crippen LogP contribution in [0.4, 0.5) is 0 Å². The van der Waals surface area contributed by atoms with Gasteiger partial charge in [0.2, 0.25) is 0 Å².